The molecular formula is C20H17N5. The van der Waals surface area contributed by atoms with Crippen molar-refractivity contribution in [2.24, 2.45) is 0 Å². The maximum absolute atomic E-state index is 4.72. The lowest BCUT2D eigenvalue weighted by molar-refractivity contribution is 1.12. The van der Waals surface area contributed by atoms with Crippen molar-refractivity contribution >= 4 is 38.9 Å². The SMILES string of the molecule is C=C/C=C(\C)c1nc(Nc2ccc3[nH]ncc3c2)c2ccccc2n1. The molecule has 4 aromatic rings. The number of aromatic amines is 1. The predicted octanol–water partition coefficient (Wildman–Crippen LogP) is 4.84. The summed E-state index contributed by atoms with van der Waals surface area (Å²) in [6.07, 6.45) is 5.46. The molecule has 5 heteroatoms. The van der Waals surface area contributed by atoms with Crippen molar-refractivity contribution in [3.05, 3.63) is 73.2 Å². The molecule has 0 atom stereocenters. The number of benzene rings is 2. The van der Waals surface area contributed by atoms with Crippen LogP contribution in [0.1, 0.15) is 12.7 Å². The highest BCUT2D eigenvalue weighted by Gasteiger charge is 2.09. The second-order valence-electron chi connectivity index (χ2n) is 5.80. The van der Waals surface area contributed by atoms with Crippen LogP contribution in [-0.4, -0.2) is 20.2 Å². The molecule has 0 unspecified atom stereocenters. The minimum atomic E-state index is 0.686. The number of nitrogens with one attached hydrogen (secondary N) is 2. The molecule has 0 aliphatic rings. The monoisotopic (exact) mass is 327 g/mol. The normalized spacial score (nSPS) is 11.8. The van der Waals surface area contributed by atoms with Crippen LogP contribution in [0.4, 0.5) is 11.5 Å². The summed E-state index contributed by atoms with van der Waals surface area (Å²) in [5.74, 6) is 1.46. The third-order valence-electron chi connectivity index (χ3n) is 4.03. The smallest absolute Gasteiger partial charge is 0.157 e. The van der Waals surface area contributed by atoms with E-state index in [2.05, 4.69) is 27.1 Å². The molecule has 5 nitrogen and oxygen atoms in total. The molecule has 0 fully saturated rings. The molecule has 0 spiro atoms. The van der Waals surface area contributed by atoms with Crippen molar-refractivity contribution in [3.63, 3.8) is 0 Å². The summed E-state index contributed by atoms with van der Waals surface area (Å²) in [6.45, 7) is 5.73. The van der Waals surface area contributed by atoms with Crippen LogP contribution in [0.15, 0.2) is 67.4 Å². The third-order valence-corrected chi connectivity index (χ3v) is 4.03. The molecule has 0 bridgehead atoms. The lowest BCUT2D eigenvalue weighted by Gasteiger charge is -2.11. The molecule has 2 aromatic carbocycles. The van der Waals surface area contributed by atoms with E-state index in [4.69, 9.17) is 4.98 Å². The summed E-state index contributed by atoms with van der Waals surface area (Å²) in [4.78, 5) is 9.38. The standard InChI is InChI=1S/C20H17N5/c1-3-6-13(2)19-23-18-8-5-4-7-16(18)20(24-19)22-15-9-10-17-14(11-15)12-21-25-17/h3-12H,1H2,2H3,(H,21,25)(H,22,23,24)/b13-6+. The summed E-state index contributed by atoms with van der Waals surface area (Å²) < 4.78 is 0. The van der Waals surface area contributed by atoms with Crippen LogP contribution >= 0.6 is 0 Å². The van der Waals surface area contributed by atoms with Crippen LogP contribution in [-0.2, 0) is 0 Å². The van der Waals surface area contributed by atoms with Gasteiger partial charge in [-0.25, -0.2) is 9.97 Å². The number of nitrogens with zero attached hydrogens (tertiary/aromatic N) is 3. The Kier molecular flexibility index (Phi) is 3.74. The molecule has 4 rings (SSSR count). The fraction of sp³-hybridized carbons (Fsp3) is 0.0500. The Morgan fingerprint density at radius 1 is 1.16 bits per heavy atom. The van der Waals surface area contributed by atoms with Crippen LogP contribution < -0.4 is 5.32 Å². The zero-order valence-corrected chi connectivity index (χ0v) is 13.8. The molecule has 25 heavy (non-hydrogen) atoms. The van der Waals surface area contributed by atoms with Gasteiger partial charge in [-0.15, -0.1) is 0 Å². The number of fused-ring (bicyclic) bond motifs is 2. The van der Waals surface area contributed by atoms with E-state index in [1.165, 1.54) is 0 Å². The number of H-pyrrole nitrogens is 1. The molecule has 2 aromatic heterocycles. The van der Waals surface area contributed by atoms with E-state index >= 15 is 0 Å². The molecule has 0 saturated carbocycles. The minimum Gasteiger partial charge on any atom is -0.340 e. The first-order valence-corrected chi connectivity index (χ1v) is 8.01. The second-order valence-corrected chi connectivity index (χ2v) is 5.80. The van der Waals surface area contributed by atoms with Crippen molar-refractivity contribution in [2.45, 2.75) is 6.92 Å². The third kappa shape index (κ3) is 2.87. The Bertz CT molecular complexity index is 1110. The summed E-state index contributed by atoms with van der Waals surface area (Å²) in [7, 11) is 0. The average Bonchev–Trinajstić information content (AvgIpc) is 3.09. The lowest BCUT2D eigenvalue weighted by atomic mass is 10.2. The Morgan fingerprint density at radius 2 is 2.04 bits per heavy atom. The summed E-state index contributed by atoms with van der Waals surface area (Å²) in [6, 6.07) is 14.0. The van der Waals surface area contributed by atoms with Crippen molar-refractivity contribution in [1.82, 2.24) is 20.2 Å². The Labute approximate surface area is 145 Å². The van der Waals surface area contributed by atoms with Crippen LogP contribution in [0.5, 0.6) is 0 Å². The van der Waals surface area contributed by atoms with E-state index in [-0.39, 0.29) is 0 Å². The van der Waals surface area contributed by atoms with Gasteiger partial charge in [0.1, 0.15) is 5.82 Å². The maximum Gasteiger partial charge on any atom is 0.157 e. The molecule has 0 aliphatic carbocycles. The zero-order chi connectivity index (χ0) is 17.2. The molecule has 2 N–H and O–H groups in total. The highest BCUT2D eigenvalue weighted by molar-refractivity contribution is 5.92. The van der Waals surface area contributed by atoms with E-state index in [0.717, 1.165) is 38.9 Å². The van der Waals surface area contributed by atoms with Crippen LogP contribution in [0.25, 0.3) is 27.4 Å². The Balaban J connectivity index is 1.83. The topological polar surface area (TPSA) is 66.5 Å². The number of anilines is 2. The van der Waals surface area contributed by atoms with Gasteiger partial charge in [0.05, 0.1) is 17.2 Å². The number of allylic oxidation sites excluding steroid dienone is 3. The van der Waals surface area contributed by atoms with Gasteiger partial charge < -0.3 is 5.32 Å². The van der Waals surface area contributed by atoms with Crippen molar-refractivity contribution in [2.75, 3.05) is 5.32 Å². The average molecular weight is 327 g/mol. The van der Waals surface area contributed by atoms with Gasteiger partial charge in [0, 0.05) is 16.5 Å². The number of hydrogen-bond acceptors (Lipinski definition) is 4. The minimum absolute atomic E-state index is 0.686. The fourth-order valence-electron chi connectivity index (χ4n) is 2.76. The highest BCUT2D eigenvalue weighted by Crippen LogP contribution is 2.27. The maximum atomic E-state index is 4.72. The lowest BCUT2D eigenvalue weighted by Crippen LogP contribution is -2.00. The quantitative estimate of drug-likeness (QED) is 0.526. The van der Waals surface area contributed by atoms with Gasteiger partial charge in [-0.1, -0.05) is 30.9 Å². The Morgan fingerprint density at radius 3 is 2.92 bits per heavy atom. The van der Waals surface area contributed by atoms with Gasteiger partial charge in [-0.3, -0.25) is 5.10 Å². The van der Waals surface area contributed by atoms with Gasteiger partial charge in [0.15, 0.2) is 5.82 Å². The van der Waals surface area contributed by atoms with Gasteiger partial charge in [-0.2, -0.15) is 5.10 Å². The molecule has 2 heterocycles. The van der Waals surface area contributed by atoms with Crippen molar-refractivity contribution in [1.29, 1.82) is 0 Å². The molecular weight excluding hydrogens is 310 g/mol. The van der Waals surface area contributed by atoms with Gasteiger partial charge in [0.25, 0.3) is 0 Å². The molecule has 0 radical (unpaired) electrons. The van der Waals surface area contributed by atoms with E-state index in [1.54, 1.807) is 12.3 Å². The highest BCUT2D eigenvalue weighted by atomic mass is 15.1. The van der Waals surface area contributed by atoms with Crippen LogP contribution in [0.3, 0.4) is 0 Å². The first-order chi connectivity index (χ1) is 12.2. The first-order valence-electron chi connectivity index (χ1n) is 8.01. The number of para-hydroxylation sites is 1. The molecule has 0 saturated heterocycles. The number of rotatable bonds is 4. The second kappa shape index (κ2) is 6.20. The fourth-order valence-corrected chi connectivity index (χ4v) is 2.76. The van der Waals surface area contributed by atoms with Gasteiger partial charge >= 0.3 is 0 Å². The first kappa shape index (κ1) is 15.1. The van der Waals surface area contributed by atoms with Crippen LogP contribution in [0, 0.1) is 0 Å². The van der Waals surface area contributed by atoms with Gasteiger partial charge in [0.2, 0.25) is 0 Å². The van der Waals surface area contributed by atoms with Crippen molar-refractivity contribution < 1.29 is 0 Å². The number of aromatic nitrogens is 4. The van der Waals surface area contributed by atoms with E-state index < -0.39 is 0 Å². The molecule has 122 valence electrons. The zero-order valence-electron chi connectivity index (χ0n) is 13.8. The largest absolute Gasteiger partial charge is 0.340 e. The van der Waals surface area contributed by atoms with E-state index in [0.29, 0.717) is 5.82 Å². The summed E-state index contributed by atoms with van der Waals surface area (Å²) >= 11 is 0. The van der Waals surface area contributed by atoms with E-state index in [9.17, 15) is 0 Å². The van der Waals surface area contributed by atoms with E-state index in [1.807, 2.05) is 55.5 Å². The molecule has 0 amide bonds. The van der Waals surface area contributed by atoms with Crippen LogP contribution in [0.2, 0.25) is 0 Å². The summed E-state index contributed by atoms with van der Waals surface area (Å²) in [5.41, 5.74) is 3.82. The molecule has 0 aliphatic heterocycles. The number of hydrogen-bond donors (Lipinski definition) is 2. The predicted molar refractivity (Wildman–Crippen MR) is 103 cm³/mol. The van der Waals surface area contributed by atoms with Crippen molar-refractivity contribution in [3.8, 4) is 0 Å². The van der Waals surface area contributed by atoms with Gasteiger partial charge in [-0.05, 0) is 42.8 Å². The Hall–Kier alpha value is -3.47. The summed E-state index contributed by atoms with van der Waals surface area (Å²) in [5, 5.41) is 12.5.